The Kier molecular flexibility index (Phi) is 4.64. The van der Waals surface area contributed by atoms with E-state index in [9.17, 15) is 4.79 Å². The molecule has 5 rings (SSSR count). The normalized spacial score (nSPS) is 17.9. The monoisotopic (exact) mass is 406 g/mol. The van der Waals surface area contributed by atoms with Gasteiger partial charge in [-0.25, -0.2) is 9.97 Å². The van der Waals surface area contributed by atoms with Gasteiger partial charge in [-0.15, -0.1) is 11.3 Å². The average Bonchev–Trinajstić information content (AvgIpc) is 3.25. The lowest BCUT2D eigenvalue weighted by molar-refractivity contribution is -0.0906. The zero-order chi connectivity index (χ0) is 19.8. The van der Waals surface area contributed by atoms with Gasteiger partial charge in [0.15, 0.2) is 5.82 Å². The number of amides is 1. The predicted octanol–water partition coefficient (Wildman–Crippen LogP) is 3.61. The van der Waals surface area contributed by atoms with Crippen molar-refractivity contribution in [3.8, 4) is 11.4 Å². The van der Waals surface area contributed by atoms with E-state index in [4.69, 9.17) is 4.74 Å². The van der Waals surface area contributed by atoms with E-state index < -0.39 is 0 Å². The number of likely N-dealkylation sites (tertiary alicyclic amines) is 1. The molecule has 6 nitrogen and oxygen atoms in total. The molecule has 29 heavy (non-hydrogen) atoms. The number of rotatable bonds is 2. The van der Waals surface area contributed by atoms with Crippen LogP contribution in [0, 0.1) is 6.92 Å². The Balaban J connectivity index is 1.33. The number of hydrogen-bond donors (Lipinski definition) is 0. The highest BCUT2D eigenvalue weighted by Gasteiger charge is 2.42. The summed E-state index contributed by atoms with van der Waals surface area (Å²) in [5.74, 6) is 0.586. The zero-order valence-electron chi connectivity index (χ0n) is 16.3. The molecule has 2 aliphatic heterocycles. The van der Waals surface area contributed by atoms with Crippen molar-refractivity contribution >= 4 is 17.2 Å². The summed E-state index contributed by atoms with van der Waals surface area (Å²) in [6.45, 7) is 3.99. The van der Waals surface area contributed by atoms with Crippen molar-refractivity contribution in [3.63, 3.8) is 0 Å². The summed E-state index contributed by atoms with van der Waals surface area (Å²) in [6.07, 6.45) is 7.74. The second-order valence-electron chi connectivity index (χ2n) is 7.59. The highest BCUT2D eigenvalue weighted by molar-refractivity contribution is 7.10. The van der Waals surface area contributed by atoms with Crippen molar-refractivity contribution in [1.29, 1.82) is 0 Å². The minimum absolute atomic E-state index is 0.00250. The Morgan fingerprint density at radius 2 is 2.10 bits per heavy atom. The number of piperidine rings is 1. The quantitative estimate of drug-likeness (QED) is 0.650. The Hall–Kier alpha value is -2.64. The molecule has 0 atom stereocenters. The van der Waals surface area contributed by atoms with Gasteiger partial charge in [-0.1, -0.05) is 0 Å². The van der Waals surface area contributed by atoms with E-state index in [0.29, 0.717) is 30.2 Å². The predicted molar refractivity (Wildman–Crippen MR) is 111 cm³/mol. The molecule has 0 aromatic carbocycles. The SMILES string of the molecule is Cc1nc(-c2cccnc2)ncc1C(=O)N1CCC2(CC1)OCCc1ccsc12. The third-order valence-corrected chi connectivity index (χ3v) is 7.04. The summed E-state index contributed by atoms with van der Waals surface area (Å²) < 4.78 is 6.26. The van der Waals surface area contributed by atoms with Crippen LogP contribution in [-0.2, 0) is 16.8 Å². The van der Waals surface area contributed by atoms with Gasteiger partial charge < -0.3 is 9.64 Å². The molecular weight excluding hydrogens is 384 g/mol. The standard InChI is InChI=1S/C22H22N4O2S/c1-15-18(14-24-20(25-15)17-3-2-8-23-13-17)21(27)26-9-6-22(7-10-26)19-16(4-11-28-22)5-12-29-19/h2-3,5,8,12-14H,4,6-7,9-11H2,1H3. The first-order valence-corrected chi connectivity index (χ1v) is 10.8. The lowest BCUT2D eigenvalue weighted by atomic mass is 9.85. The molecule has 0 aliphatic carbocycles. The van der Waals surface area contributed by atoms with E-state index in [1.54, 1.807) is 29.9 Å². The number of aryl methyl sites for hydroxylation is 1. The summed E-state index contributed by atoms with van der Waals surface area (Å²) in [7, 11) is 0. The fraction of sp³-hybridized carbons (Fsp3) is 0.364. The lowest BCUT2D eigenvalue weighted by Crippen LogP contribution is -2.48. The molecule has 0 saturated carbocycles. The van der Waals surface area contributed by atoms with Gasteiger partial charge in [0.25, 0.3) is 5.91 Å². The van der Waals surface area contributed by atoms with Gasteiger partial charge in [-0.3, -0.25) is 9.78 Å². The molecule has 1 amide bonds. The molecule has 2 aliphatic rings. The highest BCUT2D eigenvalue weighted by atomic mass is 32.1. The van der Waals surface area contributed by atoms with E-state index >= 15 is 0 Å². The van der Waals surface area contributed by atoms with Crippen LogP contribution in [0.25, 0.3) is 11.4 Å². The molecular formula is C22H22N4O2S. The molecule has 148 valence electrons. The molecule has 7 heteroatoms. The fourth-order valence-electron chi connectivity index (χ4n) is 4.28. The third kappa shape index (κ3) is 3.24. The van der Waals surface area contributed by atoms with Gasteiger partial charge >= 0.3 is 0 Å². The smallest absolute Gasteiger partial charge is 0.257 e. The van der Waals surface area contributed by atoms with Crippen LogP contribution in [0.2, 0.25) is 0 Å². The highest BCUT2D eigenvalue weighted by Crippen LogP contribution is 2.44. The second-order valence-corrected chi connectivity index (χ2v) is 8.51. The molecule has 1 spiro atoms. The third-order valence-electron chi connectivity index (χ3n) is 5.90. The van der Waals surface area contributed by atoms with Crippen LogP contribution >= 0.6 is 11.3 Å². The number of thiophene rings is 1. The minimum Gasteiger partial charge on any atom is -0.369 e. The maximum absolute atomic E-state index is 13.1. The Bertz CT molecular complexity index is 1040. The van der Waals surface area contributed by atoms with Crippen LogP contribution in [0.5, 0.6) is 0 Å². The van der Waals surface area contributed by atoms with E-state index in [0.717, 1.165) is 31.4 Å². The molecule has 1 saturated heterocycles. The number of pyridine rings is 1. The Labute approximate surface area is 173 Å². The number of ether oxygens (including phenoxy) is 1. The zero-order valence-corrected chi connectivity index (χ0v) is 17.1. The summed E-state index contributed by atoms with van der Waals surface area (Å²) >= 11 is 1.79. The Morgan fingerprint density at radius 1 is 1.24 bits per heavy atom. The van der Waals surface area contributed by atoms with Crippen molar-refractivity contribution in [3.05, 3.63) is 63.9 Å². The molecule has 5 heterocycles. The van der Waals surface area contributed by atoms with Gasteiger partial charge in [-0.05, 0) is 55.3 Å². The summed E-state index contributed by atoms with van der Waals surface area (Å²) in [5.41, 5.74) is 3.30. The molecule has 3 aromatic heterocycles. The maximum atomic E-state index is 13.1. The molecule has 0 bridgehead atoms. The van der Waals surface area contributed by atoms with Crippen molar-refractivity contribution in [2.75, 3.05) is 19.7 Å². The summed E-state index contributed by atoms with van der Waals surface area (Å²) in [5, 5.41) is 2.16. The van der Waals surface area contributed by atoms with Gasteiger partial charge in [0, 0.05) is 42.1 Å². The van der Waals surface area contributed by atoms with Gasteiger partial charge in [0.1, 0.15) is 5.60 Å². The van der Waals surface area contributed by atoms with E-state index in [1.807, 2.05) is 24.0 Å². The van der Waals surface area contributed by atoms with Gasteiger partial charge in [0.2, 0.25) is 0 Å². The molecule has 0 unspecified atom stereocenters. The van der Waals surface area contributed by atoms with Gasteiger partial charge in [0.05, 0.1) is 17.9 Å². The van der Waals surface area contributed by atoms with Crippen LogP contribution in [0.3, 0.4) is 0 Å². The number of carbonyl (C=O) groups excluding carboxylic acids is 1. The number of nitrogens with zero attached hydrogens (tertiary/aromatic N) is 4. The molecule has 0 radical (unpaired) electrons. The van der Waals surface area contributed by atoms with Crippen LogP contribution in [0.1, 0.15) is 39.3 Å². The van der Waals surface area contributed by atoms with Crippen molar-refractivity contribution in [2.24, 2.45) is 0 Å². The van der Waals surface area contributed by atoms with Crippen LogP contribution in [0.15, 0.2) is 42.2 Å². The Morgan fingerprint density at radius 3 is 2.86 bits per heavy atom. The number of carbonyl (C=O) groups is 1. The summed E-state index contributed by atoms with van der Waals surface area (Å²) in [6, 6.07) is 5.98. The summed E-state index contributed by atoms with van der Waals surface area (Å²) in [4.78, 5) is 29.5. The largest absolute Gasteiger partial charge is 0.369 e. The van der Waals surface area contributed by atoms with Gasteiger partial charge in [-0.2, -0.15) is 0 Å². The molecule has 0 N–H and O–H groups in total. The van der Waals surface area contributed by atoms with Crippen LogP contribution < -0.4 is 0 Å². The first-order chi connectivity index (χ1) is 14.2. The topological polar surface area (TPSA) is 68.2 Å². The molecule has 1 fully saturated rings. The van der Waals surface area contributed by atoms with Crippen LogP contribution in [0.4, 0.5) is 0 Å². The minimum atomic E-state index is -0.214. The van der Waals surface area contributed by atoms with Crippen molar-refractivity contribution in [1.82, 2.24) is 19.9 Å². The van der Waals surface area contributed by atoms with Crippen molar-refractivity contribution in [2.45, 2.75) is 31.8 Å². The average molecular weight is 407 g/mol. The first-order valence-electron chi connectivity index (χ1n) is 9.90. The number of aromatic nitrogens is 3. The molecule has 3 aromatic rings. The second kappa shape index (κ2) is 7.31. The van der Waals surface area contributed by atoms with Crippen LogP contribution in [-0.4, -0.2) is 45.5 Å². The first kappa shape index (κ1) is 18.4. The van der Waals surface area contributed by atoms with E-state index in [2.05, 4.69) is 26.4 Å². The lowest BCUT2D eigenvalue weighted by Gasteiger charge is -2.43. The number of hydrogen-bond acceptors (Lipinski definition) is 6. The fourth-order valence-corrected chi connectivity index (χ4v) is 5.45. The van der Waals surface area contributed by atoms with E-state index in [1.165, 1.54) is 10.4 Å². The van der Waals surface area contributed by atoms with E-state index in [-0.39, 0.29) is 11.5 Å². The van der Waals surface area contributed by atoms with Crippen molar-refractivity contribution < 1.29 is 9.53 Å². The maximum Gasteiger partial charge on any atom is 0.257 e. The number of fused-ring (bicyclic) bond motifs is 2.